The van der Waals surface area contributed by atoms with Crippen molar-refractivity contribution in [1.82, 2.24) is 4.90 Å². The molecule has 0 aliphatic carbocycles. The first-order valence-corrected chi connectivity index (χ1v) is 9.32. The van der Waals surface area contributed by atoms with Gasteiger partial charge in [-0.3, -0.25) is 4.79 Å². The normalized spacial score (nSPS) is 20.8. The number of amides is 1. The van der Waals surface area contributed by atoms with Crippen molar-refractivity contribution < 1.29 is 9.53 Å². The van der Waals surface area contributed by atoms with Crippen molar-refractivity contribution in [3.8, 4) is 0 Å². The average Bonchev–Trinajstić information content (AvgIpc) is 2.59. The molecule has 126 valence electrons. The Hall–Kier alpha value is -1.78. The summed E-state index contributed by atoms with van der Waals surface area (Å²) in [6.45, 7) is 5.35. The highest BCUT2D eigenvalue weighted by Gasteiger charge is 2.27. The third kappa shape index (κ3) is 4.19. The highest BCUT2D eigenvalue weighted by atomic mass is 32.2. The van der Waals surface area contributed by atoms with E-state index in [2.05, 4.69) is 12.1 Å². The fraction of sp³-hybridized carbons (Fsp3) is 0.350. The highest BCUT2D eigenvalue weighted by Crippen LogP contribution is 2.28. The fourth-order valence-corrected chi connectivity index (χ4v) is 4.02. The van der Waals surface area contributed by atoms with Crippen LogP contribution in [0.15, 0.2) is 59.5 Å². The molecule has 2 aromatic carbocycles. The van der Waals surface area contributed by atoms with Crippen LogP contribution in [-0.2, 0) is 10.5 Å². The molecule has 2 aromatic rings. The van der Waals surface area contributed by atoms with Crippen LogP contribution >= 0.6 is 11.8 Å². The number of nitrogens with zero attached hydrogens (tertiary/aromatic N) is 1. The number of morpholine rings is 1. The maximum absolute atomic E-state index is 13.0. The Morgan fingerprint density at radius 1 is 1.04 bits per heavy atom. The van der Waals surface area contributed by atoms with E-state index < -0.39 is 0 Å². The molecule has 1 amide bonds. The molecular formula is C20H23NO2S. The molecule has 0 N–H and O–H groups in total. The number of carbonyl (C=O) groups is 1. The lowest BCUT2D eigenvalue weighted by Crippen LogP contribution is -2.48. The molecule has 0 saturated carbocycles. The summed E-state index contributed by atoms with van der Waals surface area (Å²) in [6, 6.07) is 18.2. The van der Waals surface area contributed by atoms with E-state index in [-0.39, 0.29) is 18.1 Å². The molecule has 24 heavy (non-hydrogen) atoms. The van der Waals surface area contributed by atoms with Crippen molar-refractivity contribution in [2.45, 2.75) is 36.7 Å². The van der Waals surface area contributed by atoms with Gasteiger partial charge in [0.2, 0.25) is 0 Å². The van der Waals surface area contributed by atoms with Crippen LogP contribution in [0, 0.1) is 0 Å². The van der Waals surface area contributed by atoms with Crippen molar-refractivity contribution in [3.05, 3.63) is 65.7 Å². The number of ether oxygens (including phenoxy) is 1. The molecule has 4 heteroatoms. The average molecular weight is 341 g/mol. The van der Waals surface area contributed by atoms with E-state index in [1.54, 1.807) is 11.8 Å². The summed E-state index contributed by atoms with van der Waals surface area (Å²) in [6.07, 6.45) is 0.170. The van der Waals surface area contributed by atoms with E-state index in [1.807, 2.05) is 61.2 Å². The predicted octanol–water partition coefficient (Wildman–Crippen LogP) is 4.23. The summed E-state index contributed by atoms with van der Waals surface area (Å²) in [5, 5.41) is 0. The van der Waals surface area contributed by atoms with Crippen LogP contribution in [0.1, 0.15) is 29.8 Å². The van der Waals surface area contributed by atoms with Gasteiger partial charge in [-0.2, -0.15) is 0 Å². The van der Waals surface area contributed by atoms with E-state index in [4.69, 9.17) is 4.74 Å². The molecular weight excluding hydrogens is 318 g/mol. The number of benzene rings is 2. The highest BCUT2D eigenvalue weighted by molar-refractivity contribution is 7.98. The molecule has 0 bridgehead atoms. The lowest BCUT2D eigenvalue weighted by Gasteiger charge is -2.35. The van der Waals surface area contributed by atoms with Gasteiger partial charge >= 0.3 is 0 Å². The van der Waals surface area contributed by atoms with E-state index in [1.165, 1.54) is 5.56 Å². The molecule has 0 unspecified atom stereocenters. The first-order valence-electron chi connectivity index (χ1n) is 8.34. The molecule has 1 heterocycles. The van der Waals surface area contributed by atoms with Crippen molar-refractivity contribution in [1.29, 1.82) is 0 Å². The molecule has 1 saturated heterocycles. The Bertz CT molecular complexity index is 679. The Morgan fingerprint density at radius 2 is 1.67 bits per heavy atom. The summed E-state index contributed by atoms with van der Waals surface area (Å²) in [5.74, 6) is 0.967. The monoisotopic (exact) mass is 341 g/mol. The van der Waals surface area contributed by atoms with Gasteiger partial charge in [0.05, 0.1) is 17.8 Å². The SMILES string of the molecule is C[C@@H]1CN(C(=O)c2ccccc2SCc2ccccc2)C[C@@H](C)O1. The smallest absolute Gasteiger partial charge is 0.255 e. The molecule has 2 atom stereocenters. The van der Waals surface area contributed by atoms with Crippen LogP contribution < -0.4 is 0 Å². The number of thioether (sulfide) groups is 1. The summed E-state index contributed by atoms with van der Waals surface area (Å²) in [7, 11) is 0. The molecule has 3 rings (SSSR count). The molecule has 3 nitrogen and oxygen atoms in total. The molecule has 1 aliphatic rings. The summed E-state index contributed by atoms with van der Waals surface area (Å²) in [5.41, 5.74) is 2.05. The molecule has 0 aromatic heterocycles. The van der Waals surface area contributed by atoms with E-state index in [0.29, 0.717) is 13.1 Å². The van der Waals surface area contributed by atoms with Crippen molar-refractivity contribution in [2.24, 2.45) is 0 Å². The van der Waals surface area contributed by atoms with Gasteiger partial charge in [-0.05, 0) is 31.5 Å². The Balaban J connectivity index is 1.74. The summed E-state index contributed by atoms with van der Waals surface area (Å²) >= 11 is 1.72. The topological polar surface area (TPSA) is 29.5 Å². The maximum Gasteiger partial charge on any atom is 0.255 e. The summed E-state index contributed by atoms with van der Waals surface area (Å²) in [4.78, 5) is 15.9. The minimum Gasteiger partial charge on any atom is -0.372 e. The first-order chi connectivity index (χ1) is 11.6. The zero-order chi connectivity index (χ0) is 16.9. The standard InChI is InChI=1S/C20H23NO2S/c1-15-12-21(13-16(2)23-15)20(22)18-10-6-7-11-19(18)24-14-17-8-4-3-5-9-17/h3-11,15-16H,12-14H2,1-2H3/t15-,16-/m1/s1. The lowest BCUT2D eigenvalue weighted by atomic mass is 10.1. The Morgan fingerprint density at radius 3 is 2.38 bits per heavy atom. The predicted molar refractivity (Wildman–Crippen MR) is 98.4 cm³/mol. The second-order valence-electron chi connectivity index (χ2n) is 6.24. The van der Waals surface area contributed by atoms with Crippen LogP contribution in [-0.4, -0.2) is 36.1 Å². The second-order valence-corrected chi connectivity index (χ2v) is 7.26. The lowest BCUT2D eigenvalue weighted by molar-refractivity contribution is -0.0586. The van der Waals surface area contributed by atoms with Gasteiger partial charge in [0.15, 0.2) is 0 Å². The fourth-order valence-electron chi connectivity index (χ4n) is 3.02. The van der Waals surface area contributed by atoms with Gasteiger partial charge < -0.3 is 9.64 Å². The number of hydrogen-bond donors (Lipinski definition) is 0. The Kier molecular flexibility index (Phi) is 5.59. The van der Waals surface area contributed by atoms with Crippen LogP contribution in [0.4, 0.5) is 0 Å². The second kappa shape index (κ2) is 7.86. The number of rotatable bonds is 4. The minimum atomic E-state index is 0.0850. The Labute approximate surface area is 148 Å². The number of hydrogen-bond acceptors (Lipinski definition) is 3. The van der Waals surface area contributed by atoms with Crippen LogP contribution in [0.5, 0.6) is 0 Å². The van der Waals surface area contributed by atoms with Gasteiger partial charge in [0, 0.05) is 23.7 Å². The molecule has 0 radical (unpaired) electrons. The van der Waals surface area contributed by atoms with E-state index in [0.717, 1.165) is 16.2 Å². The van der Waals surface area contributed by atoms with Crippen molar-refractivity contribution >= 4 is 17.7 Å². The third-order valence-electron chi connectivity index (χ3n) is 4.06. The summed E-state index contributed by atoms with van der Waals surface area (Å²) < 4.78 is 5.74. The molecule has 1 aliphatic heterocycles. The number of carbonyl (C=O) groups excluding carboxylic acids is 1. The van der Waals surface area contributed by atoms with E-state index in [9.17, 15) is 4.79 Å². The third-order valence-corrected chi connectivity index (χ3v) is 5.21. The molecule has 0 spiro atoms. The van der Waals surface area contributed by atoms with Gasteiger partial charge in [0.1, 0.15) is 0 Å². The van der Waals surface area contributed by atoms with Gasteiger partial charge in [0.25, 0.3) is 5.91 Å². The van der Waals surface area contributed by atoms with Gasteiger partial charge in [-0.15, -0.1) is 11.8 Å². The van der Waals surface area contributed by atoms with Crippen LogP contribution in [0.2, 0.25) is 0 Å². The van der Waals surface area contributed by atoms with Crippen LogP contribution in [0.3, 0.4) is 0 Å². The zero-order valence-electron chi connectivity index (χ0n) is 14.1. The largest absolute Gasteiger partial charge is 0.372 e. The minimum absolute atomic E-state index is 0.0850. The first kappa shape index (κ1) is 17.1. The van der Waals surface area contributed by atoms with Crippen molar-refractivity contribution in [3.63, 3.8) is 0 Å². The zero-order valence-corrected chi connectivity index (χ0v) is 15.0. The van der Waals surface area contributed by atoms with Crippen LogP contribution in [0.25, 0.3) is 0 Å². The van der Waals surface area contributed by atoms with E-state index >= 15 is 0 Å². The van der Waals surface area contributed by atoms with Gasteiger partial charge in [-0.1, -0.05) is 42.5 Å². The maximum atomic E-state index is 13.0. The quantitative estimate of drug-likeness (QED) is 0.780. The van der Waals surface area contributed by atoms with Crippen molar-refractivity contribution in [2.75, 3.05) is 13.1 Å². The molecule has 1 fully saturated rings. The van der Waals surface area contributed by atoms with Gasteiger partial charge in [-0.25, -0.2) is 0 Å².